The second-order valence-electron chi connectivity index (χ2n) is 16.1. The van der Waals surface area contributed by atoms with E-state index in [4.69, 9.17) is 24.9 Å². The van der Waals surface area contributed by atoms with Crippen molar-refractivity contribution >= 4 is 49.6 Å². The normalized spacial score (nSPS) is 14.3. The summed E-state index contributed by atoms with van der Waals surface area (Å²) >= 11 is 0. The van der Waals surface area contributed by atoms with Crippen LogP contribution in [0.25, 0.3) is 83.4 Å². The van der Waals surface area contributed by atoms with Crippen LogP contribution >= 0.6 is 0 Å². The van der Waals surface area contributed by atoms with E-state index in [-0.39, 0.29) is 6.04 Å². The van der Waals surface area contributed by atoms with Crippen LogP contribution in [0.15, 0.2) is 222 Å². The van der Waals surface area contributed by atoms with E-state index in [2.05, 4.69) is 126 Å². The number of nitrogens with zero attached hydrogens (tertiary/aromatic N) is 6. The Morgan fingerprint density at radius 1 is 0.444 bits per heavy atom. The molecule has 0 bridgehead atoms. The number of fused-ring (bicyclic) bond motifs is 6. The molecule has 12 rings (SSSR count). The third-order valence-electron chi connectivity index (χ3n) is 12.2. The molecule has 0 radical (unpaired) electrons. The SMILES string of the molecule is C=C1CC(c2cccc3c4ccc(-c5cccc(-c6nc(-c7ccccc7)nc(-c7ccccc7)n6)c5)c5c6ccccc6n(c23)c45)=NC(c2ccccc2)=NC1c1ccccc1. The number of aromatic nitrogens is 4. The van der Waals surface area contributed by atoms with Crippen LogP contribution in [0.4, 0.5) is 0 Å². The third kappa shape index (κ3) is 6.22. The summed E-state index contributed by atoms with van der Waals surface area (Å²) in [4.78, 5) is 25.8. The van der Waals surface area contributed by atoms with Crippen LogP contribution in [0.5, 0.6) is 0 Å². The Morgan fingerprint density at radius 3 is 1.68 bits per heavy atom. The molecule has 0 spiro atoms. The highest BCUT2D eigenvalue weighted by Crippen LogP contribution is 2.45. The van der Waals surface area contributed by atoms with Crippen molar-refractivity contribution in [1.82, 2.24) is 19.4 Å². The average molecular weight is 807 g/mol. The van der Waals surface area contributed by atoms with Crippen LogP contribution < -0.4 is 0 Å². The van der Waals surface area contributed by atoms with E-state index >= 15 is 0 Å². The molecule has 0 N–H and O–H groups in total. The van der Waals surface area contributed by atoms with Gasteiger partial charge in [0.15, 0.2) is 23.3 Å². The fourth-order valence-corrected chi connectivity index (χ4v) is 9.33. The van der Waals surface area contributed by atoms with E-state index in [0.717, 1.165) is 66.8 Å². The predicted molar refractivity (Wildman–Crippen MR) is 259 cm³/mol. The summed E-state index contributed by atoms with van der Waals surface area (Å²) in [5.74, 6) is 2.61. The van der Waals surface area contributed by atoms with Crippen LogP contribution in [0.2, 0.25) is 0 Å². The fourth-order valence-electron chi connectivity index (χ4n) is 9.33. The summed E-state index contributed by atoms with van der Waals surface area (Å²) in [5, 5.41) is 4.77. The lowest BCUT2D eigenvalue weighted by Crippen LogP contribution is -2.07. The van der Waals surface area contributed by atoms with Gasteiger partial charge in [0.25, 0.3) is 0 Å². The van der Waals surface area contributed by atoms with Gasteiger partial charge in [-0.3, -0.25) is 4.99 Å². The summed E-state index contributed by atoms with van der Waals surface area (Å²) < 4.78 is 2.46. The van der Waals surface area contributed by atoms with Gasteiger partial charge in [0.2, 0.25) is 0 Å². The Balaban J connectivity index is 1.04. The molecule has 1 aliphatic heterocycles. The summed E-state index contributed by atoms with van der Waals surface area (Å²) in [6.45, 7) is 4.65. The predicted octanol–water partition coefficient (Wildman–Crippen LogP) is 13.6. The fraction of sp³-hybridized carbons (Fsp3) is 0.0351. The minimum absolute atomic E-state index is 0.221. The number of aliphatic imine (C=N–C) groups is 2. The monoisotopic (exact) mass is 806 g/mol. The molecule has 6 heteroatoms. The molecule has 6 nitrogen and oxygen atoms in total. The van der Waals surface area contributed by atoms with Gasteiger partial charge >= 0.3 is 0 Å². The van der Waals surface area contributed by atoms with Crippen LogP contribution in [-0.2, 0) is 0 Å². The highest BCUT2D eigenvalue weighted by Gasteiger charge is 2.27. The Hall–Kier alpha value is -8.35. The first kappa shape index (κ1) is 36.5. The quantitative estimate of drug-likeness (QED) is 0.151. The van der Waals surface area contributed by atoms with Gasteiger partial charge in [-0.2, -0.15) is 0 Å². The van der Waals surface area contributed by atoms with E-state index in [0.29, 0.717) is 29.7 Å². The third-order valence-corrected chi connectivity index (χ3v) is 12.2. The lowest BCUT2D eigenvalue weighted by atomic mass is 9.93. The van der Waals surface area contributed by atoms with E-state index in [1.54, 1.807) is 0 Å². The maximum atomic E-state index is 5.44. The van der Waals surface area contributed by atoms with Gasteiger partial charge in [-0.1, -0.05) is 195 Å². The Bertz CT molecular complexity index is 3530. The highest BCUT2D eigenvalue weighted by molar-refractivity contribution is 6.30. The molecule has 0 aliphatic carbocycles. The van der Waals surface area contributed by atoms with E-state index in [1.807, 2.05) is 84.9 Å². The van der Waals surface area contributed by atoms with E-state index in [1.165, 1.54) is 27.1 Å². The first-order valence-electron chi connectivity index (χ1n) is 21.3. The maximum Gasteiger partial charge on any atom is 0.164 e. The van der Waals surface area contributed by atoms with Crippen molar-refractivity contribution < 1.29 is 0 Å². The Kier molecular flexibility index (Phi) is 8.68. The zero-order chi connectivity index (χ0) is 41.9. The molecule has 1 atom stereocenters. The van der Waals surface area contributed by atoms with Gasteiger partial charge in [0.1, 0.15) is 0 Å². The van der Waals surface area contributed by atoms with Crippen LogP contribution in [0.1, 0.15) is 29.2 Å². The summed E-state index contributed by atoms with van der Waals surface area (Å²) in [6.07, 6.45) is 0.585. The van der Waals surface area contributed by atoms with E-state index < -0.39 is 0 Å². The Labute approximate surface area is 364 Å². The molecule has 8 aromatic carbocycles. The molecule has 0 amide bonds. The lowest BCUT2D eigenvalue weighted by Gasteiger charge is -2.15. The summed E-state index contributed by atoms with van der Waals surface area (Å²) in [6, 6.07) is 69.3. The van der Waals surface area contributed by atoms with Crippen molar-refractivity contribution in [3.63, 3.8) is 0 Å². The van der Waals surface area contributed by atoms with Gasteiger partial charge in [-0.25, -0.2) is 19.9 Å². The van der Waals surface area contributed by atoms with Crippen LogP contribution in [-0.4, -0.2) is 30.9 Å². The smallest absolute Gasteiger partial charge is 0.164 e. The molecular weight excluding hydrogens is 769 g/mol. The first-order chi connectivity index (χ1) is 31.2. The molecule has 0 fully saturated rings. The van der Waals surface area contributed by atoms with Crippen molar-refractivity contribution in [2.45, 2.75) is 12.5 Å². The molecule has 0 saturated heterocycles. The zero-order valence-electron chi connectivity index (χ0n) is 34.2. The molecule has 4 heterocycles. The number of hydrogen-bond donors (Lipinski definition) is 0. The molecule has 296 valence electrons. The molecule has 63 heavy (non-hydrogen) atoms. The second kappa shape index (κ2) is 15.0. The molecule has 1 unspecified atom stereocenters. The molecule has 3 aromatic heterocycles. The van der Waals surface area contributed by atoms with Crippen molar-refractivity contribution in [2.75, 3.05) is 0 Å². The van der Waals surface area contributed by atoms with Crippen molar-refractivity contribution in [3.05, 3.63) is 229 Å². The minimum Gasteiger partial charge on any atom is -0.307 e. The average Bonchev–Trinajstić information content (AvgIpc) is 3.82. The number of amidine groups is 1. The van der Waals surface area contributed by atoms with Gasteiger partial charge in [-0.15, -0.1) is 0 Å². The standard InChI is InChI=1S/C57H38N6/c1-36-34-48(58-54(38-20-8-3-9-21-38)59-51(36)37-18-6-2-7-19-37)46-30-17-29-44-45-33-32-43(50-47-28-14-15-31-49(47)63(52(44)46)53(45)50)41-26-16-27-42(35-41)57-61-55(39-22-10-4-11-23-39)60-56(62-57)40-24-12-5-13-25-40/h2-33,35,51H,1,34H2. The van der Waals surface area contributed by atoms with Gasteiger partial charge in [0, 0.05) is 55.8 Å². The van der Waals surface area contributed by atoms with Crippen LogP contribution in [0, 0.1) is 0 Å². The molecule has 11 aromatic rings. The van der Waals surface area contributed by atoms with Crippen molar-refractivity contribution in [2.24, 2.45) is 9.98 Å². The number of para-hydroxylation sites is 2. The molecule has 1 aliphatic rings. The number of hydrogen-bond acceptors (Lipinski definition) is 5. The molecular formula is C57H38N6. The highest BCUT2D eigenvalue weighted by atomic mass is 15.0. The van der Waals surface area contributed by atoms with E-state index in [9.17, 15) is 0 Å². The Morgan fingerprint density at radius 2 is 0.984 bits per heavy atom. The zero-order valence-corrected chi connectivity index (χ0v) is 34.2. The number of rotatable bonds is 7. The van der Waals surface area contributed by atoms with Crippen molar-refractivity contribution in [3.8, 4) is 45.3 Å². The lowest BCUT2D eigenvalue weighted by molar-refractivity contribution is 0.840. The summed E-state index contributed by atoms with van der Waals surface area (Å²) in [5.41, 5.74) is 13.6. The topological polar surface area (TPSA) is 67.8 Å². The minimum atomic E-state index is -0.221. The number of benzene rings is 8. The van der Waals surface area contributed by atoms with Gasteiger partial charge in [0.05, 0.1) is 28.3 Å². The summed E-state index contributed by atoms with van der Waals surface area (Å²) in [7, 11) is 0. The van der Waals surface area contributed by atoms with Crippen molar-refractivity contribution in [1.29, 1.82) is 0 Å². The first-order valence-corrected chi connectivity index (χ1v) is 21.3. The molecule has 0 saturated carbocycles. The second-order valence-corrected chi connectivity index (χ2v) is 16.1. The van der Waals surface area contributed by atoms with Gasteiger partial charge in [-0.05, 0) is 34.4 Å². The largest absolute Gasteiger partial charge is 0.307 e. The van der Waals surface area contributed by atoms with Gasteiger partial charge < -0.3 is 4.40 Å². The maximum absolute atomic E-state index is 5.44. The van der Waals surface area contributed by atoms with Crippen LogP contribution in [0.3, 0.4) is 0 Å².